The quantitative estimate of drug-likeness (QED) is 0.206. The Morgan fingerprint density at radius 1 is 0.476 bits per heavy atom. The first-order valence-corrected chi connectivity index (χ1v) is 14.0. The summed E-state index contributed by atoms with van der Waals surface area (Å²) in [5, 5.41) is 23.2. The van der Waals surface area contributed by atoms with Crippen molar-refractivity contribution in [3.05, 3.63) is 151 Å². The average molecular weight is 537 g/mol. The van der Waals surface area contributed by atoms with Gasteiger partial charge in [0.2, 0.25) is 0 Å². The van der Waals surface area contributed by atoms with Crippen molar-refractivity contribution in [2.45, 2.75) is 0 Å². The maximum absolute atomic E-state index is 8.24. The highest BCUT2D eigenvalue weighted by atomic mass is 14.5. The molecule has 42 heavy (non-hydrogen) atoms. The van der Waals surface area contributed by atoms with E-state index in [4.69, 9.17) is 10.8 Å². The van der Waals surface area contributed by atoms with Gasteiger partial charge in [0, 0.05) is 0 Å². The lowest BCUT2D eigenvalue weighted by Crippen LogP contribution is -2.09. The first kappa shape index (κ1) is 25.4. The van der Waals surface area contributed by atoms with E-state index in [1.54, 1.807) is 12.2 Å². The summed E-state index contributed by atoms with van der Waals surface area (Å²) in [4.78, 5) is 0. The third kappa shape index (κ3) is 4.13. The van der Waals surface area contributed by atoms with Crippen molar-refractivity contribution in [3.63, 3.8) is 0 Å². The molecule has 0 unspecified atom stereocenters. The summed E-state index contributed by atoms with van der Waals surface area (Å²) in [6.45, 7) is 8.56. The zero-order chi connectivity index (χ0) is 28.8. The summed E-state index contributed by atoms with van der Waals surface area (Å²) >= 11 is 0. The molecule has 0 saturated heterocycles. The van der Waals surface area contributed by atoms with Crippen LogP contribution < -0.4 is 0 Å². The molecule has 0 spiro atoms. The van der Waals surface area contributed by atoms with Crippen molar-refractivity contribution in [1.29, 1.82) is 10.8 Å². The standard InChI is InChI=1S/C40H28N2/c1-3-33-34(4-2)40(32-16-14-26-10-6-8-12-28(26)22-32)36-23-29(30-18-20-37(41)38(42)24-30)17-19-35(36)39(33)31-15-13-25-9-5-7-11-27(25)21-31/h3-24,41-42H,1-2H2. The van der Waals surface area contributed by atoms with Crippen molar-refractivity contribution in [2.24, 2.45) is 0 Å². The first-order chi connectivity index (χ1) is 20.6. The van der Waals surface area contributed by atoms with E-state index in [1.807, 2.05) is 18.2 Å². The predicted octanol–water partition coefficient (Wildman–Crippen LogP) is 10.8. The summed E-state index contributed by atoms with van der Waals surface area (Å²) in [6.07, 6.45) is 9.31. The van der Waals surface area contributed by atoms with Gasteiger partial charge in [-0.15, -0.1) is 0 Å². The van der Waals surface area contributed by atoms with Gasteiger partial charge in [-0.05, 0) is 107 Å². The lowest BCUT2D eigenvalue weighted by molar-refractivity contribution is 1.49. The van der Waals surface area contributed by atoms with Crippen LogP contribution in [0, 0.1) is 10.8 Å². The molecule has 0 heterocycles. The van der Waals surface area contributed by atoms with Crippen LogP contribution in [0.4, 0.5) is 0 Å². The minimum Gasteiger partial charge on any atom is -0.299 e. The molecule has 6 aromatic rings. The molecule has 0 atom stereocenters. The molecule has 2 N–H and O–H groups in total. The van der Waals surface area contributed by atoms with Crippen LogP contribution in [-0.2, 0) is 0 Å². The van der Waals surface area contributed by atoms with E-state index >= 15 is 0 Å². The lowest BCUT2D eigenvalue weighted by atomic mass is 9.81. The Hall–Kier alpha value is -5.60. The molecule has 0 aromatic heterocycles. The second-order valence-electron chi connectivity index (χ2n) is 10.6. The third-order valence-corrected chi connectivity index (χ3v) is 8.22. The molecule has 7 rings (SSSR count). The molecule has 0 bridgehead atoms. The fourth-order valence-corrected chi connectivity index (χ4v) is 6.17. The predicted molar refractivity (Wildman–Crippen MR) is 183 cm³/mol. The van der Waals surface area contributed by atoms with Gasteiger partial charge in [-0.2, -0.15) is 0 Å². The average Bonchev–Trinajstić information content (AvgIpc) is 3.04. The normalized spacial score (nSPS) is 13.1. The van der Waals surface area contributed by atoms with Crippen LogP contribution in [-0.4, -0.2) is 11.4 Å². The van der Waals surface area contributed by atoms with Gasteiger partial charge >= 0.3 is 0 Å². The Kier molecular flexibility index (Phi) is 6.10. The van der Waals surface area contributed by atoms with Crippen molar-refractivity contribution >= 4 is 61.5 Å². The monoisotopic (exact) mass is 536 g/mol. The molecule has 2 heteroatoms. The molecule has 0 saturated carbocycles. The number of allylic oxidation sites excluding steroid dienone is 4. The Labute approximate surface area is 245 Å². The van der Waals surface area contributed by atoms with Crippen LogP contribution >= 0.6 is 0 Å². The van der Waals surface area contributed by atoms with Crippen LogP contribution in [0.1, 0.15) is 16.7 Å². The molecule has 0 amide bonds. The van der Waals surface area contributed by atoms with Crippen LogP contribution in [0.5, 0.6) is 0 Å². The maximum atomic E-state index is 8.24. The van der Waals surface area contributed by atoms with E-state index < -0.39 is 0 Å². The SMILES string of the molecule is C=Cc1c(C=C)c(-c2ccc3ccccc3c2)c2cc(C3=CC(=N)C(=N)C=C3)ccc2c1-c1ccc2ccccc2c1. The molecule has 198 valence electrons. The molecule has 0 radical (unpaired) electrons. The maximum Gasteiger partial charge on any atom is 0.0795 e. The molecule has 6 aromatic carbocycles. The molecule has 0 aliphatic heterocycles. The summed E-state index contributed by atoms with van der Waals surface area (Å²) < 4.78 is 0. The number of hydrogen-bond donors (Lipinski definition) is 2. The topological polar surface area (TPSA) is 47.7 Å². The van der Waals surface area contributed by atoms with Gasteiger partial charge in [-0.1, -0.05) is 116 Å². The molecular weight excluding hydrogens is 508 g/mol. The van der Waals surface area contributed by atoms with Gasteiger partial charge in [-0.25, -0.2) is 0 Å². The molecule has 2 nitrogen and oxygen atoms in total. The largest absolute Gasteiger partial charge is 0.299 e. The minimum absolute atomic E-state index is 0.216. The van der Waals surface area contributed by atoms with Gasteiger partial charge < -0.3 is 0 Å². The van der Waals surface area contributed by atoms with Crippen molar-refractivity contribution in [3.8, 4) is 22.3 Å². The summed E-state index contributed by atoms with van der Waals surface area (Å²) in [5.74, 6) is 0. The third-order valence-electron chi connectivity index (χ3n) is 8.22. The Morgan fingerprint density at radius 3 is 1.55 bits per heavy atom. The van der Waals surface area contributed by atoms with Crippen LogP contribution in [0.2, 0.25) is 0 Å². The summed E-state index contributed by atoms with van der Waals surface area (Å²) in [7, 11) is 0. The van der Waals surface area contributed by atoms with Crippen molar-refractivity contribution < 1.29 is 0 Å². The van der Waals surface area contributed by atoms with Gasteiger partial charge in [0.25, 0.3) is 0 Å². The van der Waals surface area contributed by atoms with E-state index in [0.29, 0.717) is 0 Å². The Morgan fingerprint density at radius 2 is 1.00 bits per heavy atom. The highest BCUT2D eigenvalue weighted by molar-refractivity contribution is 6.50. The second-order valence-corrected chi connectivity index (χ2v) is 10.6. The van der Waals surface area contributed by atoms with Crippen molar-refractivity contribution in [2.75, 3.05) is 0 Å². The van der Waals surface area contributed by atoms with Gasteiger partial charge in [0.15, 0.2) is 0 Å². The Bertz CT molecular complexity index is 2210. The number of fused-ring (bicyclic) bond motifs is 3. The highest BCUT2D eigenvalue weighted by Crippen LogP contribution is 2.45. The van der Waals surface area contributed by atoms with Crippen molar-refractivity contribution in [1.82, 2.24) is 0 Å². The number of hydrogen-bond acceptors (Lipinski definition) is 2. The van der Waals surface area contributed by atoms with Gasteiger partial charge in [0.05, 0.1) is 11.4 Å². The molecule has 1 aliphatic carbocycles. The minimum atomic E-state index is 0.216. The van der Waals surface area contributed by atoms with Crippen LogP contribution in [0.25, 0.3) is 72.3 Å². The molecule has 1 aliphatic rings. The first-order valence-electron chi connectivity index (χ1n) is 14.0. The van der Waals surface area contributed by atoms with E-state index in [-0.39, 0.29) is 11.4 Å². The van der Waals surface area contributed by atoms with Gasteiger partial charge in [0.1, 0.15) is 0 Å². The second kappa shape index (κ2) is 10.1. The Balaban J connectivity index is 1.59. The van der Waals surface area contributed by atoms with Crippen LogP contribution in [0.15, 0.2) is 135 Å². The smallest absolute Gasteiger partial charge is 0.0795 e. The van der Waals surface area contributed by atoms with Gasteiger partial charge in [-0.3, -0.25) is 10.8 Å². The van der Waals surface area contributed by atoms with Crippen LogP contribution in [0.3, 0.4) is 0 Å². The van der Waals surface area contributed by atoms with E-state index in [1.165, 1.54) is 21.5 Å². The zero-order valence-electron chi connectivity index (χ0n) is 23.1. The van der Waals surface area contributed by atoms with E-state index in [0.717, 1.165) is 55.3 Å². The number of rotatable bonds is 5. The summed E-state index contributed by atoms with van der Waals surface area (Å²) in [6, 6.07) is 36.6. The highest BCUT2D eigenvalue weighted by Gasteiger charge is 2.20. The van der Waals surface area contributed by atoms with E-state index in [2.05, 4.69) is 116 Å². The number of nitrogens with one attached hydrogen (secondary N) is 2. The van der Waals surface area contributed by atoms with E-state index in [9.17, 15) is 0 Å². The lowest BCUT2D eigenvalue weighted by Gasteiger charge is -2.22. The molecular formula is C40H28N2. The number of benzene rings is 6. The fraction of sp³-hybridized carbons (Fsp3) is 0. The molecule has 0 fully saturated rings. The fourth-order valence-electron chi connectivity index (χ4n) is 6.17. The zero-order valence-corrected chi connectivity index (χ0v) is 23.1. The summed E-state index contributed by atoms with van der Waals surface area (Å²) in [5.41, 5.74) is 8.92.